The molecule has 1 aliphatic heterocycles. The summed E-state index contributed by atoms with van der Waals surface area (Å²) in [6.45, 7) is 2.55. The molecule has 6 heteroatoms. The van der Waals surface area contributed by atoms with Crippen LogP contribution in [0.15, 0.2) is 29.2 Å². The van der Waals surface area contributed by atoms with Gasteiger partial charge in [0, 0.05) is 18.5 Å². The van der Waals surface area contributed by atoms with Crippen molar-refractivity contribution in [3.8, 4) is 0 Å². The van der Waals surface area contributed by atoms with Crippen LogP contribution < -0.4 is 5.32 Å². The molecule has 0 radical (unpaired) electrons. The number of thiocarbonyl (C=S) groups is 1. The SMILES string of the molecule is Cc1ccc(/C=C2\SC(=S)N(CCCC(=O)NC34CC5CC(CC(C5)C3)C4)C2=O)cc1. The van der Waals surface area contributed by atoms with E-state index in [1.165, 1.54) is 55.9 Å². The van der Waals surface area contributed by atoms with Crippen LogP contribution in [0.2, 0.25) is 0 Å². The average molecular weight is 455 g/mol. The third-order valence-electron chi connectivity index (χ3n) is 7.48. The first-order chi connectivity index (χ1) is 14.9. The molecule has 0 atom stereocenters. The second-order valence-electron chi connectivity index (χ2n) is 10.1. The molecule has 0 spiro atoms. The Morgan fingerprint density at radius 2 is 1.77 bits per heavy atom. The van der Waals surface area contributed by atoms with Crippen LogP contribution in [-0.2, 0) is 9.59 Å². The van der Waals surface area contributed by atoms with E-state index in [1.807, 2.05) is 37.3 Å². The standard InChI is InChI=1S/C25H30N2O2S2/c1-16-4-6-17(7-5-16)12-21-23(29)27(24(30)31-21)8-2-3-22(28)26-25-13-18-9-19(14-25)11-20(10-18)15-25/h4-7,12,18-20H,2-3,8-11,13-15H2,1H3,(H,26,28)/b21-12-. The third kappa shape index (κ3) is 4.47. The predicted octanol–water partition coefficient (Wildman–Crippen LogP) is 5.06. The number of carbonyl (C=O) groups is 2. The first-order valence-electron chi connectivity index (χ1n) is 11.5. The van der Waals surface area contributed by atoms with Crippen LogP contribution in [0.25, 0.3) is 6.08 Å². The molecular weight excluding hydrogens is 424 g/mol. The van der Waals surface area contributed by atoms with Crippen molar-refractivity contribution in [2.75, 3.05) is 6.54 Å². The number of hydrogen-bond donors (Lipinski definition) is 1. The highest BCUT2D eigenvalue weighted by atomic mass is 32.2. The minimum atomic E-state index is -0.0444. The number of benzene rings is 1. The van der Waals surface area contributed by atoms with E-state index in [9.17, 15) is 9.59 Å². The summed E-state index contributed by atoms with van der Waals surface area (Å²) >= 11 is 6.80. The van der Waals surface area contributed by atoms with E-state index in [2.05, 4.69) is 5.32 Å². The minimum absolute atomic E-state index is 0.0444. The van der Waals surface area contributed by atoms with Crippen molar-refractivity contribution in [3.63, 3.8) is 0 Å². The largest absolute Gasteiger partial charge is 0.351 e. The zero-order valence-electron chi connectivity index (χ0n) is 18.1. The maximum absolute atomic E-state index is 12.8. The van der Waals surface area contributed by atoms with Crippen LogP contribution in [0.1, 0.15) is 62.5 Å². The number of hydrogen-bond acceptors (Lipinski definition) is 4. The average Bonchev–Trinajstić information content (AvgIpc) is 2.95. The van der Waals surface area contributed by atoms with Gasteiger partial charge < -0.3 is 5.32 Å². The second-order valence-corrected chi connectivity index (χ2v) is 11.8. The number of nitrogens with zero attached hydrogens (tertiary/aromatic N) is 1. The summed E-state index contributed by atoms with van der Waals surface area (Å²) in [6, 6.07) is 8.09. The molecule has 1 saturated heterocycles. The highest BCUT2D eigenvalue weighted by molar-refractivity contribution is 8.26. The number of rotatable bonds is 6. The van der Waals surface area contributed by atoms with Crippen molar-refractivity contribution in [1.82, 2.24) is 10.2 Å². The number of carbonyl (C=O) groups excluding carboxylic acids is 2. The van der Waals surface area contributed by atoms with E-state index in [1.54, 1.807) is 4.90 Å². The number of nitrogens with one attached hydrogen (secondary N) is 1. The molecule has 1 aromatic carbocycles. The highest BCUT2D eigenvalue weighted by Crippen LogP contribution is 2.55. The molecule has 0 aromatic heterocycles. The van der Waals surface area contributed by atoms with Gasteiger partial charge in [0.05, 0.1) is 4.91 Å². The van der Waals surface area contributed by atoms with Crippen LogP contribution in [-0.4, -0.2) is 33.1 Å². The Balaban J connectivity index is 1.13. The molecule has 1 heterocycles. The lowest BCUT2D eigenvalue weighted by molar-refractivity contribution is -0.127. The van der Waals surface area contributed by atoms with E-state index < -0.39 is 0 Å². The number of aryl methyl sites for hydroxylation is 1. The summed E-state index contributed by atoms with van der Waals surface area (Å²) in [4.78, 5) is 27.9. The summed E-state index contributed by atoms with van der Waals surface area (Å²) in [5.74, 6) is 2.56. The minimum Gasteiger partial charge on any atom is -0.351 e. The van der Waals surface area contributed by atoms with Crippen molar-refractivity contribution in [2.45, 2.75) is 63.8 Å². The normalized spacial score (nSPS) is 32.9. The van der Waals surface area contributed by atoms with E-state index >= 15 is 0 Å². The summed E-state index contributed by atoms with van der Waals surface area (Å²) in [5, 5.41) is 3.43. The lowest BCUT2D eigenvalue weighted by atomic mass is 9.53. The lowest BCUT2D eigenvalue weighted by Crippen LogP contribution is -2.59. The van der Waals surface area contributed by atoms with E-state index in [0.29, 0.717) is 28.6 Å². The number of thioether (sulfide) groups is 1. The molecule has 0 unspecified atom stereocenters. The fourth-order valence-corrected chi connectivity index (χ4v) is 7.84. The molecule has 2 amide bonds. The van der Waals surface area contributed by atoms with Gasteiger partial charge in [0.25, 0.3) is 5.91 Å². The van der Waals surface area contributed by atoms with Crippen molar-refractivity contribution in [3.05, 3.63) is 40.3 Å². The first kappa shape index (κ1) is 21.2. The molecule has 1 aromatic rings. The Bertz CT molecular complexity index is 902. The zero-order chi connectivity index (χ0) is 21.6. The van der Waals surface area contributed by atoms with Crippen molar-refractivity contribution >= 4 is 46.2 Å². The Hall–Kier alpha value is -1.66. The maximum Gasteiger partial charge on any atom is 0.266 e. The third-order valence-corrected chi connectivity index (χ3v) is 8.85. The summed E-state index contributed by atoms with van der Waals surface area (Å²) in [7, 11) is 0. The van der Waals surface area contributed by atoms with Crippen LogP contribution in [0.4, 0.5) is 0 Å². The fraction of sp³-hybridized carbons (Fsp3) is 0.560. The van der Waals surface area contributed by atoms with Gasteiger partial charge >= 0.3 is 0 Å². The molecule has 5 aliphatic rings. The Morgan fingerprint density at radius 1 is 1.16 bits per heavy atom. The van der Waals surface area contributed by atoms with Crippen molar-refractivity contribution in [2.24, 2.45) is 17.8 Å². The molecular formula is C25H30N2O2S2. The Kier molecular flexibility index (Phi) is 5.72. The van der Waals surface area contributed by atoms with Gasteiger partial charge in [-0.15, -0.1) is 0 Å². The molecule has 164 valence electrons. The number of amides is 2. The van der Waals surface area contributed by atoms with Gasteiger partial charge in [-0.1, -0.05) is 53.8 Å². The van der Waals surface area contributed by atoms with Gasteiger partial charge in [-0.25, -0.2) is 0 Å². The summed E-state index contributed by atoms with van der Waals surface area (Å²) in [6.07, 6.45) is 10.6. The topological polar surface area (TPSA) is 49.4 Å². The second kappa shape index (κ2) is 8.36. The van der Waals surface area contributed by atoms with E-state index in [4.69, 9.17) is 12.2 Å². The molecule has 31 heavy (non-hydrogen) atoms. The van der Waals surface area contributed by atoms with Crippen LogP contribution in [0.3, 0.4) is 0 Å². The molecule has 4 saturated carbocycles. The Morgan fingerprint density at radius 3 is 2.39 bits per heavy atom. The van der Waals surface area contributed by atoms with Crippen molar-refractivity contribution < 1.29 is 9.59 Å². The molecule has 5 fully saturated rings. The maximum atomic E-state index is 12.8. The van der Waals surface area contributed by atoms with Gasteiger partial charge in [0.15, 0.2) is 0 Å². The smallest absolute Gasteiger partial charge is 0.266 e. The predicted molar refractivity (Wildman–Crippen MR) is 129 cm³/mol. The van der Waals surface area contributed by atoms with Gasteiger partial charge in [-0.2, -0.15) is 0 Å². The van der Waals surface area contributed by atoms with Crippen LogP contribution >= 0.6 is 24.0 Å². The highest BCUT2D eigenvalue weighted by Gasteiger charge is 2.51. The fourth-order valence-electron chi connectivity index (χ4n) is 6.53. The van der Waals surface area contributed by atoms with Gasteiger partial charge in [-0.3, -0.25) is 14.5 Å². The summed E-state index contributed by atoms with van der Waals surface area (Å²) in [5.41, 5.74) is 2.25. The van der Waals surface area contributed by atoms with Crippen LogP contribution in [0.5, 0.6) is 0 Å². The molecule has 4 nitrogen and oxygen atoms in total. The van der Waals surface area contributed by atoms with Crippen molar-refractivity contribution in [1.29, 1.82) is 0 Å². The summed E-state index contributed by atoms with van der Waals surface area (Å²) < 4.78 is 0.588. The van der Waals surface area contributed by atoms with Gasteiger partial charge in [-0.05, 0) is 81.3 Å². The zero-order valence-corrected chi connectivity index (χ0v) is 19.7. The van der Waals surface area contributed by atoms with Crippen LogP contribution in [0, 0.1) is 24.7 Å². The first-order valence-corrected chi connectivity index (χ1v) is 12.7. The molecule has 6 rings (SSSR count). The molecule has 1 N–H and O–H groups in total. The quantitative estimate of drug-likeness (QED) is 0.482. The molecule has 4 aliphatic carbocycles. The van der Waals surface area contributed by atoms with Gasteiger partial charge in [0.2, 0.25) is 5.91 Å². The lowest BCUT2D eigenvalue weighted by Gasteiger charge is -2.56. The molecule has 4 bridgehead atoms. The van der Waals surface area contributed by atoms with E-state index in [-0.39, 0.29) is 17.4 Å². The Labute approximate surface area is 194 Å². The van der Waals surface area contributed by atoms with Gasteiger partial charge in [0.1, 0.15) is 4.32 Å². The monoisotopic (exact) mass is 454 g/mol. The van der Waals surface area contributed by atoms with E-state index in [0.717, 1.165) is 23.3 Å².